The molecule has 1 heterocycles. The zero-order chi connectivity index (χ0) is 14.7. The Balaban J connectivity index is 1.71. The first-order valence-electron chi connectivity index (χ1n) is 7.27. The molecule has 108 valence electrons. The van der Waals surface area contributed by atoms with Crippen molar-refractivity contribution < 1.29 is 9.53 Å². The third-order valence-electron chi connectivity index (χ3n) is 3.81. The van der Waals surface area contributed by atoms with Gasteiger partial charge in [0.2, 0.25) is 0 Å². The van der Waals surface area contributed by atoms with Crippen LogP contribution in [0.5, 0.6) is 0 Å². The predicted octanol–water partition coefficient (Wildman–Crippen LogP) is 2.93. The summed E-state index contributed by atoms with van der Waals surface area (Å²) in [6, 6.07) is 15.6. The molecule has 0 amide bonds. The summed E-state index contributed by atoms with van der Waals surface area (Å²) in [7, 11) is 0. The monoisotopic (exact) mass is 281 g/mol. The van der Waals surface area contributed by atoms with E-state index in [1.54, 1.807) is 0 Å². The zero-order valence-corrected chi connectivity index (χ0v) is 12.1. The second kappa shape index (κ2) is 6.10. The molecule has 21 heavy (non-hydrogen) atoms. The maximum absolute atomic E-state index is 12.3. The van der Waals surface area contributed by atoms with Crippen molar-refractivity contribution in [3.63, 3.8) is 0 Å². The lowest BCUT2D eigenvalue weighted by molar-refractivity contribution is -0.147. The molecule has 1 aliphatic rings. The Bertz CT molecular complexity index is 637. The number of rotatable bonds is 3. The fraction of sp³-hybridized carbons (Fsp3) is 0.278. The number of nitrogens with one attached hydrogen (secondary N) is 1. The van der Waals surface area contributed by atoms with Crippen molar-refractivity contribution in [2.24, 2.45) is 0 Å². The van der Waals surface area contributed by atoms with Crippen LogP contribution in [0.15, 0.2) is 48.5 Å². The number of benzene rings is 2. The van der Waals surface area contributed by atoms with E-state index < -0.39 is 0 Å². The minimum absolute atomic E-state index is 0.205. The second-order valence-corrected chi connectivity index (χ2v) is 5.43. The quantitative estimate of drug-likeness (QED) is 0.879. The Morgan fingerprint density at radius 2 is 2.05 bits per heavy atom. The minimum atomic E-state index is -0.349. The van der Waals surface area contributed by atoms with Crippen LogP contribution in [0.1, 0.15) is 28.3 Å². The van der Waals surface area contributed by atoms with E-state index in [0.717, 1.165) is 24.1 Å². The maximum Gasteiger partial charge on any atom is 0.328 e. The van der Waals surface area contributed by atoms with Crippen LogP contribution in [0.4, 0.5) is 0 Å². The van der Waals surface area contributed by atoms with Crippen molar-refractivity contribution in [1.82, 2.24) is 5.32 Å². The van der Waals surface area contributed by atoms with Crippen LogP contribution >= 0.6 is 0 Å². The summed E-state index contributed by atoms with van der Waals surface area (Å²) in [6.07, 6.45) is 0.958. The molecule has 2 aromatic carbocycles. The lowest BCUT2D eigenvalue weighted by atomic mass is 9.93. The third-order valence-corrected chi connectivity index (χ3v) is 3.81. The highest BCUT2D eigenvalue weighted by molar-refractivity contribution is 5.78. The van der Waals surface area contributed by atoms with E-state index in [-0.39, 0.29) is 12.0 Å². The SMILES string of the molecule is Cc1ccc2c(c1)CCNC2C(=O)OCc1ccccc1. The number of fused-ring (bicyclic) bond motifs is 1. The zero-order valence-electron chi connectivity index (χ0n) is 12.1. The molecule has 0 aliphatic carbocycles. The molecule has 1 unspecified atom stereocenters. The van der Waals surface area contributed by atoms with Gasteiger partial charge in [0.25, 0.3) is 0 Å². The van der Waals surface area contributed by atoms with Gasteiger partial charge in [-0.1, -0.05) is 54.1 Å². The predicted molar refractivity (Wildman–Crippen MR) is 81.9 cm³/mol. The molecule has 0 radical (unpaired) electrons. The molecule has 0 bridgehead atoms. The molecule has 3 nitrogen and oxygen atoms in total. The van der Waals surface area contributed by atoms with E-state index in [1.165, 1.54) is 11.1 Å². The summed E-state index contributed by atoms with van der Waals surface area (Å²) in [5.74, 6) is -0.205. The molecule has 1 N–H and O–H groups in total. The van der Waals surface area contributed by atoms with Crippen molar-refractivity contribution in [3.8, 4) is 0 Å². The van der Waals surface area contributed by atoms with Gasteiger partial charge in [0, 0.05) is 6.54 Å². The highest BCUT2D eigenvalue weighted by Gasteiger charge is 2.27. The average Bonchev–Trinajstić information content (AvgIpc) is 2.52. The summed E-state index contributed by atoms with van der Waals surface area (Å²) in [5.41, 5.74) is 4.53. The lowest BCUT2D eigenvalue weighted by Gasteiger charge is -2.25. The Kier molecular flexibility index (Phi) is 4.02. The normalized spacial score (nSPS) is 17.1. The van der Waals surface area contributed by atoms with Crippen LogP contribution in [0.2, 0.25) is 0 Å². The molecule has 0 aromatic heterocycles. The van der Waals surface area contributed by atoms with E-state index in [9.17, 15) is 4.79 Å². The highest BCUT2D eigenvalue weighted by atomic mass is 16.5. The van der Waals surface area contributed by atoms with Crippen LogP contribution in [0.3, 0.4) is 0 Å². The smallest absolute Gasteiger partial charge is 0.328 e. The van der Waals surface area contributed by atoms with E-state index in [1.807, 2.05) is 42.5 Å². The first kappa shape index (κ1) is 13.8. The average molecular weight is 281 g/mol. The van der Waals surface area contributed by atoms with Crippen molar-refractivity contribution in [3.05, 3.63) is 70.8 Å². The molecule has 0 spiro atoms. The minimum Gasteiger partial charge on any atom is -0.459 e. The molecule has 0 saturated heterocycles. The van der Waals surface area contributed by atoms with Crippen molar-refractivity contribution >= 4 is 5.97 Å². The van der Waals surface area contributed by atoms with E-state index in [2.05, 4.69) is 18.3 Å². The molecule has 1 atom stereocenters. The van der Waals surface area contributed by atoms with Crippen molar-refractivity contribution in [1.29, 1.82) is 0 Å². The van der Waals surface area contributed by atoms with Gasteiger partial charge >= 0.3 is 5.97 Å². The molecule has 2 aromatic rings. The summed E-state index contributed by atoms with van der Waals surface area (Å²) in [5, 5.41) is 3.26. The van der Waals surface area contributed by atoms with Gasteiger partial charge in [-0.3, -0.25) is 0 Å². The number of esters is 1. The van der Waals surface area contributed by atoms with Crippen LogP contribution in [-0.2, 0) is 22.6 Å². The molecule has 3 heteroatoms. The van der Waals surface area contributed by atoms with Gasteiger partial charge < -0.3 is 10.1 Å². The Labute approximate surface area is 124 Å². The van der Waals surface area contributed by atoms with Gasteiger partial charge in [0.15, 0.2) is 0 Å². The molecule has 0 fully saturated rings. The Morgan fingerprint density at radius 1 is 1.24 bits per heavy atom. The van der Waals surface area contributed by atoms with Gasteiger partial charge in [0.1, 0.15) is 12.6 Å². The summed E-state index contributed by atoms with van der Waals surface area (Å²) < 4.78 is 5.45. The molecule has 0 saturated carbocycles. The van der Waals surface area contributed by atoms with Gasteiger partial charge in [-0.15, -0.1) is 0 Å². The van der Waals surface area contributed by atoms with Crippen LogP contribution < -0.4 is 5.32 Å². The third kappa shape index (κ3) is 3.14. The topological polar surface area (TPSA) is 38.3 Å². The van der Waals surface area contributed by atoms with Gasteiger partial charge in [-0.25, -0.2) is 4.79 Å². The standard InChI is InChI=1S/C18H19NO2/c1-13-7-8-16-15(11-13)9-10-19-17(16)18(20)21-12-14-5-3-2-4-6-14/h2-8,11,17,19H,9-10,12H2,1H3. The Hall–Kier alpha value is -2.13. The molecule has 1 aliphatic heterocycles. The summed E-state index contributed by atoms with van der Waals surface area (Å²) in [4.78, 5) is 12.3. The van der Waals surface area contributed by atoms with E-state index >= 15 is 0 Å². The summed E-state index contributed by atoms with van der Waals surface area (Å²) >= 11 is 0. The first-order chi connectivity index (χ1) is 10.2. The number of hydrogen-bond donors (Lipinski definition) is 1. The second-order valence-electron chi connectivity index (χ2n) is 5.43. The first-order valence-corrected chi connectivity index (χ1v) is 7.27. The van der Waals surface area contributed by atoms with E-state index in [0.29, 0.717) is 6.61 Å². The molecular weight excluding hydrogens is 262 g/mol. The van der Waals surface area contributed by atoms with Crippen LogP contribution in [0, 0.1) is 6.92 Å². The maximum atomic E-state index is 12.3. The van der Waals surface area contributed by atoms with Crippen LogP contribution in [0.25, 0.3) is 0 Å². The van der Waals surface area contributed by atoms with Gasteiger partial charge in [-0.2, -0.15) is 0 Å². The number of hydrogen-bond acceptors (Lipinski definition) is 3. The van der Waals surface area contributed by atoms with Gasteiger partial charge in [-0.05, 0) is 30.0 Å². The number of carbonyl (C=O) groups is 1. The number of carbonyl (C=O) groups excluding carboxylic acids is 1. The largest absolute Gasteiger partial charge is 0.459 e. The molecular formula is C18H19NO2. The number of ether oxygens (including phenoxy) is 1. The van der Waals surface area contributed by atoms with Crippen molar-refractivity contribution in [2.75, 3.05) is 6.54 Å². The highest BCUT2D eigenvalue weighted by Crippen LogP contribution is 2.25. The lowest BCUT2D eigenvalue weighted by Crippen LogP contribution is -2.36. The Morgan fingerprint density at radius 3 is 2.86 bits per heavy atom. The van der Waals surface area contributed by atoms with Crippen LogP contribution in [-0.4, -0.2) is 12.5 Å². The number of aryl methyl sites for hydroxylation is 1. The van der Waals surface area contributed by atoms with Crippen molar-refractivity contribution in [2.45, 2.75) is 26.0 Å². The molecule has 3 rings (SSSR count). The summed E-state index contributed by atoms with van der Waals surface area (Å²) in [6.45, 7) is 3.20. The van der Waals surface area contributed by atoms with Gasteiger partial charge in [0.05, 0.1) is 0 Å². The fourth-order valence-electron chi connectivity index (χ4n) is 2.72. The fourth-order valence-corrected chi connectivity index (χ4v) is 2.72. The van der Waals surface area contributed by atoms with E-state index in [4.69, 9.17) is 4.74 Å².